The van der Waals surface area contributed by atoms with Gasteiger partial charge in [-0.15, -0.1) is 0 Å². The molecule has 2 heterocycles. The molecule has 1 aliphatic heterocycles. The van der Waals surface area contributed by atoms with E-state index in [9.17, 15) is 5.11 Å². The van der Waals surface area contributed by atoms with Crippen molar-refractivity contribution < 1.29 is 5.11 Å². The number of aromatic nitrogens is 2. The zero-order valence-electron chi connectivity index (χ0n) is 12.5. The Kier molecular flexibility index (Phi) is 4.36. The lowest BCUT2D eigenvalue weighted by Crippen LogP contribution is -2.38. The van der Waals surface area contributed by atoms with E-state index < -0.39 is 0 Å². The molecule has 2 unspecified atom stereocenters. The molecule has 1 saturated heterocycles. The van der Waals surface area contributed by atoms with Gasteiger partial charge in [0.1, 0.15) is 0 Å². The van der Waals surface area contributed by atoms with Crippen LogP contribution in [0.2, 0.25) is 0 Å². The fourth-order valence-corrected chi connectivity index (χ4v) is 3.05. The van der Waals surface area contributed by atoms with Gasteiger partial charge in [-0.2, -0.15) is 5.10 Å². The molecule has 0 radical (unpaired) electrons. The molecule has 1 aromatic carbocycles. The minimum Gasteiger partial charge on any atom is -0.393 e. The minimum atomic E-state index is -0.208. The van der Waals surface area contributed by atoms with Crippen molar-refractivity contribution in [3.63, 3.8) is 0 Å². The van der Waals surface area contributed by atoms with Gasteiger partial charge in [-0.25, -0.2) is 4.68 Å². The number of benzene rings is 1. The van der Waals surface area contributed by atoms with Crippen LogP contribution in [0.25, 0.3) is 5.69 Å². The highest BCUT2D eigenvalue weighted by atomic mass is 16.3. The number of hydrogen-bond acceptors (Lipinski definition) is 3. The highest BCUT2D eigenvalue weighted by Crippen LogP contribution is 2.21. The van der Waals surface area contributed by atoms with E-state index in [4.69, 9.17) is 0 Å². The standard InChI is InChI=1S/C17H23N3O/c1-14(21)16-6-5-9-19(13-16)11-15-10-18-20(12-15)17-7-3-2-4-8-17/h2-4,7-8,10,12,14,16,21H,5-6,9,11,13H2,1H3. The fourth-order valence-electron chi connectivity index (χ4n) is 3.05. The van der Waals surface area contributed by atoms with Crippen molar-refractivity contribution in [1.82, 2.24) is 14.7 Å². The molecule has 1 fully saturated rings. The average molecular weight is 285 g/mol. The molecule has 4 heteroatoms. The van der Waals surface area contributed by atoms with Crippen LogP contribution in [0.5, 0.6) is 0 Å². The second kappa shape index (κ2) is 6.41. The molecule has 1 aromatic heterocycles. The molecule has 1 N–H and O–H groups in total. The summed E-state index contributed by atoms with van der Waals surface area (Å²) in [6.07, 6.45) is 6.14. The van der Waals surface area contributed by atoms with Crippen LogP contribution in [-0.2, 0) is 6.54 Å². The zero-order chi connectivity index (χ0) is 14.7. The molecule has 0 amide bonds. The predicted molar refractivity (Wildman–Crippen MR) is 83.2 cm³/mol. The topological polar surface area (TPSA) is 41.3 Å². The van der Waals surface area contributed by atoms with Crippen LogP contribution in [0.4, 0.5) is 0 Å². The first kappa shape index (κ1) is 14.3. The van der Waals surface area contributed by atoms with Crippen LogP contribution in [-0.4, -0.2) is 39.0 Å². The van der Waals surface area contributed by atoms with E-state index in [1.54, 1.807) is 0 Å². The second-order valence-electron chi connectivity index (χ2n) is 6.01. The van der Waals surface area contributed by atoms with E-state index in [2.05, 4.69) is 28.3 Å². The van der Waals surface area contributed by atoms with Crippen LogP contribution in [0.3, 0.4) is 0 Å². The van der Waals surface area contributed by atoms with Gasteiger partial charge in [0.05, 0.1) is 18.0 Å². The van der Waals surface area contributed by atoms with Gasteiger partial charge in [0, 0.05) is 24.8 Å². The molecule has 2 aromatic rings. The SMILES string of the molecule is CC(O)C1CCCN(Cc2cnn(-c3ccccc3)c2)C1. The monoisotopic (exact) mass is 285 g/mol. The van der Waals surface area contributed by atoms with E-state index >= 15 is 0 Å². The molecule has 3 rings (SSSR count). The van der Waals surface area contributed by atoms with Crippen molar-refractivity contribution in [2.75, 3.05) is 13.1 Å². The first-order valence-corrected chi connectivity index (χ1v) is 7.72. The first-order valence-electron chi connectivity index (χ1n) is 7.72. The number of piperidine rings is 1. The number of likely N-dealkylation sites (tertiary alicyclic amines) is 1. The zero-order valence-corrected chi connectivity index (χ0v) is 12.5. The number of aliphatic hydroxyl groups excluding tert-OH is 1. The molecule has 21 heavy (non-hydrogen) atoms. The van der Waals surface area contributed by atoms with Gasteiger partial charge in [0.15, 0.2) is 0 Å². The van der Waals surface area contributed by atoms with E-state index in [0.29, 0.717) is 5.92 Å². The Bertz CT molecular complexity index is 564. The lowest BCUT2D eigenvalue weighted by Gasteiger charge is -2.33. The first-order chi connectivity index (χ1) is 10.2. The predicted octanol–water partition coefficient (Wildman–Crippen LogP) is 2.47. The van der Waals surface area contributed by atoms with Crippen LogP contribution >= 0.6 is 0 Å². The lowest BCUT2D eigenvalue weighted by molar-refractivity contribution is 0.0599. The van der Waals surface area contributed by atoms with E-state index in [1.807, 2.05) is 36.0 Å². The van der Waals surface area contributed by atoms with E-state index in [0.717, 1.165) is 31.7 Å². The highest BCUT2D eigenvalue weighted by Gasteiger charge is 2.23. The van der Waals surface area contributed by atoms with E-state index in [-0.39, 0.29) is 6.10 Å². The summed E-state index contributed by atoms with van der Waals surface area (Å²) in [7, 11) is 0. The summed E-state index contributed by atoms with van der Waals surface area (Å²) in [6, 6.07) is 10.2. The number of para-hydroxylation sites is 1. The third kappa shape index (κ3) is 3.52. The van der Waals surface area contributed by atoms with Crippen LogP contribution in [0, 0.1) is 5.92 Å². The quantitative estimate of drug-likeness (QED) is 0.938. The smallest absolute Gasteiger partial charge is 0.0645 e. The molecular formula is C17H23N3O. The van der Waals surface area contributed by atoms with Gasteiger partial charge >= 0.3 is 0 Å². The Morgan fingerprint density at radius 2 is 2.14 bits per heavy atom. The summed E-state index contributed by atoms with van der Waals surface area (Å²) in [5.74, 6) is 0.405. The fraction of sp³-hybridized carbons (Fsp3) is 0.471. The van der Waals surface area contributed by atoms with Crippen LogP contribution in [0.15, 0.2) is 42.7 Å². The van der Waals surface area contributed by atoms with Gasteiger partial charge in [-0.3, -0.25) is 4.90 Å². The molecule has 0 bridgehead atoms. The Hall–Kier alpha value is -1.65. The van der Waals surface area contributed by atoms with Gasteiger partial charge < -0.3 is 5.11 Å². The minimum absolute atomic E-state index is 0.208. The summed E-state index contributed by atoms with van der Waals surface area (Å²) >= 11 is 0. The maximum absolute atomic E-state index is 9.77. The van der Waals surface area contributed by atoms with Gasteiger partial charge in [-0.05, 0) is 44.4 Å². The van der Waals surface area contributed by atoms with E-state index in [1.165, 1.54) is 12.0 Å². The van der Waals surface area contributed by atoms with Crippen molar-refractivity contribution >= 4 is 0 Å². The number of rotatable bonds is 4. The Labute approximate surface area is 126 Å². The molecule has 0 saturated carbocycles. The lowest BCUT2D eigenvalue weighted by atomic mass is 9.93. The van der Waals surface area contributed by atoms with Crippen molar-refractivity contribution in [2.45, 2.75) is 32.4 Å². The maximum atomic E-state index is 9.77. The van der Waals surface area contributed by atoms with Crippen LogP contribution in [0.1, 0.15) is 25.3 Å². The largest absolute Gasteiger partial charge is 0.393 e. The summed E-state index contributed by atoms with van der Waals surface area (Å²) in [5, 5.41) is 14.2. The molecule has 4 nitrogen and oxygen atoms in total. The van der Waals surface area contributed by atoms with Crippen molar-refractivity contribution in [2.24, 2.45) is 5.92 Å². The Balaban J connectivity index is 1.65. The molecule has 2 atom stereocenters. The number of nitrogens with zero attached hydrogens (tertiary/aromatic N) is 3. The van der Waals surface area contributed by atoms with Gasteiger partial charge in [0.2, 0.25) is 0 Å². The average Bonchev–Trinajstić information content (AvgIpc) is 2.97. The molecule has 1 aliphatic rings. The Morgan fingerprint density at radius 1 is 1.33 bits per heavy atom. The molecule has 0 aliphatic carbocycles. The van der Waals surface area contributed by atoms with Crippen molar-refractivity contribution in [3.05, 3.63) is 48.3 Å². The normalized spacial score (nSPS) is 21.3. The third-order valence-corrected chi connectivity index (χ3v) is 4.29. The molecule has 0 spiro atoms. The highest BCUT2D eigenvalue weighted by molar-refractivity contribution is 5.30. The molecule has 112 valence electrons. The molecular weight excluding hydrogens is 262 g/mol. The Morgan fingerprint density at radius 3 is 2.90 bits per heavy atom. The second-order valence-corrected chi connectivity index (χ2v) is 6.01. The van der Waals surface area contributed by atoms with Gasteiger partial charge in [0.25, 0.3) is 0 Å². The number of hydrogen-bond donors (Lipinski definition) is 1. The van der Waals surface area contributed by atoms with Crippen molar-refractivity contribution in [1.29, 1.82) is 0 Å². The summed E-state index contributed by atoms with van der Waals surface area (Å²) in [4.78, 5) is 2.42. The van der Waals surface area contributed by atoms with Crippen molar-refractivity contribution in [3.8, 4) is 5.69 Å². The maximum Gasteiger partial charge on any atom is 0.0645 e. The van der Waals surface area contributed by atoms with Crippen LogP contribution < -0.4 is 0 Å². The number of aliphatic hydroxyl groups is 1. The third-order valence-electron chi connectivity index (χ3n) is 4.29. The summed E-state index contributed by atoms with van der Waals surface area (Å²) in [6.45, 7) is 4.91. The summed E-state index contributed by atoms with van der Waals surface area (Å²) < 4.78 is 1.92. The summed E-state index contributed by atoms with van der Waals surface area (Å²) in [5.41, 5.74) is 2.31. The van der Waals surface area contributed by atoms with Gasteiger partial charge in [-0.1, -0.05) is 18.2 Å².